The molecular weight excluding hydrogens is 236 g/mol. The summed E-state index contributed by atoms with van der Waals surface area (Å²) in [5.74, 6) is -0.315. The predicted octanol–water partition coefficient (Wildman–Crippen LogP) is 2.63. The molecule has 0 radical (unpaired) electrons. The normalized spacial score (nSPS) is 10.2. The highest BCUT2D eigenvalue weighted by Gasteiger charge is 2.04. The number of aryl methyl sites for hydroxylation is 1. The molecule has 2 aromatic carbocycles. The van der Waals surface area contributed by atoms with Crippen LogP contribution in [-0.2, 0) is 17.8 Å². The van der Waals surface area contributed by atoms with Crippen LogP contribution in [0.4, 0.5) is 5.69 Å². The molecule has 0 aliphatic carbocycles. The molecule has 0 heterocycles. The Morgan fingerprint density at radius 1 is 1.11 bits per heavy atom. The molecule has 0 saturated carbocycles. The largest absolute Gasteiger partial charge is 0.381 e. The van der Waals surface area contributed by atoms with Crippen molar-refractivity contribution in [2.75, 3.05) is 5.32 Å². The van der Waals surface area contributed by atoms with E-state index in [-0.39, 0.29) is 12.3 Å². The highest BCUT2D eigenvalue weighted by atomic mass is 16.1. The predicted molar refractivity (Wildman–Crippen MR) is 77.8 cm³/mol. The lowest BCUT2D eigenvalue weighted by atomic mass is 10.1. The first-order valence-corrected chi connectivity index (χ1v) is 6.31. The molecule has 2 rings (SSSR count). The molecule has 3 N–H and O–H groups in total. The standard InChI is InChI=1S/C16H18N2O/c1-12-6-8-13(9-7-12)11-18-15-5-3-2-4-14(15)10-16(17)19/h2-9,18H,10-11H2,1H3,(H2,17,19). The van der Waals surface area contributed by atoms with Crippen LogP contribution in [0.25, 0.3) is 0 Å². The topological polar surface area (TPSA) is 55.1 Å². The van der Waals surface area contributed by atoms with Crippen molar-refractivity contribution in [3.05, 3.63) is 65.2 Å². The molecule has 98 valence electrons. The second-order valence-electron chi connectivity index (χ2n) is 4.64. The van der Waals surface area contributed by atoms with Gasteiger partial charge in [0.1, 0.15) is 0 Å². The third-order valence-electron chi connectivity index (χ3n) is 2.99. The molecule has 0 atom stereocenters. The molecule has 3 nitrogen and oxygen atoms in total. The van der Waals surface area contributed by atoms with E-state index < -0.39 is 0 Å². The van der Waals surface area contributed by atoms with Crippen molar-refractivity contribution in [2.24, 2.45) is 5.73 Å². The van der Waals surface area contributed by atoms with Gasteiger partial charge in [0, 0.05) is 12.2 Å². The lowest BCUT2D eigenvalue weighted by Gasteiger charge is -2.11. The Balaban J connectivity index is 2.06. The zero-order chi connectivity index (χ0) is 13.7. The van der Waals surface area contributed by atoms with Gasteiger partial charge < -0.3 is 11.1 Å². The number of benzene rings is 2. The first-order chi connectivity index (χ1) is 9.15. The van der Waals surface area contributed by atoms with E-state index in [0.29, 0.717) is 0 Å². The molecule has 2 aromatic rings. The Morgan fingerprint density at radius 2 is 1.79 bits per heavy atom. The van der Waals surface area contributed by atoms with Crippen molar-refractivity contribution in [1.82, 2.24) is 0 Å². The number of rotatable bonds is 5. The summed E-state index contributed by atoms with van der Waals surface area (Å²) in [6.45, 7) is 2.80. The summed E-state index contributed by atoms with van der Waals surface area (Å²) >= 11 is 0. The lowest BCUT2D eigenvalue weighted by Crippen LogP contribution is -2.15. The van der Waals surface area contributed by atoms with Crippen molar-refractivity contribution in [3.63, 3.8) is 0 Å². The average molecular weight is 254 g/mol. The Bertz CT molecular complexity index is 561. The molecule has 0 saturated heterocycles. The number of primary amides is 1. The van der Waals surface area contributed by atoms with Gasteiger partial charge in [-0.1, -0.05) is 48.0 Å². The summed E-state index contributed by atoms with van der Waals surface area (Å²) in [5, 5.41) is 3.35. The maximum Gasteiger partial charge on any atom is 0.221 e. The number of para-hydroxylation sites is 1. The van der Waals surface area contributed by atoms with Crippen molar-refractivity contribution in [3.8, 4) is 0 Å². The van der Waals surface area contributed by atoms with Gasteiger partial charge in [0.2, 0.25) is 5.91 Å². The zero-order valence-electron chi connectivity index (χ0n) is 11.0. The van der Waals surface area contributed by atoms with Gasteiger partial charge in [-0.3, -0.25) is 4.79 Å². The summed E-state index contributed by atoms with van der Waals surface area (Å²) in [5.41, 5.74) is 9.60. The van der Waals surface area contributed by atoms with Crippen LogP contribution >= 0.6 is 0 Å². The number of carbonyl (C=O) groups excluding carboxylic acids is 1. The van der Waals surface area contributed by atoms with Gasteiger partial charge in [-0.05, 0) is 24.1 Å². The number of hydrogen-bond donors (Lipinski definition) is 2. The minimum absolute atomic E-state index is 0.261. The number of hydrogen-bond acceptors (Lipinski definition) is 2. The fraction of sp³-hybridized carbons (Fsp3) is 0.188. The van der Waals surface area contributed by atoms with E-state index in [1.165, 1.54) is 11.1 Å². The van der Waals surface area contributed by atoms with E-state index in [2.05, 4.69) is 36.5 Å². The number of anilines is 1. The number of nitrogens with one attached hydrogen (secondary N) is 1. The van der Waals surface area contributed by atoms with Gasteiger partial charge in [-0.2, -0.15) is 0 Å². The van der Waals surface area contributed by atoms with E-state index >= 15 is 0 Å². The molecule has 0 spiro atoms. The Labute approximate surface area is 113 Å². The summed E-state index contributed by atoms with van der Waals surface area (Å²) in [6.07, 6.45) is 0.261. The van der Waals surface area contributed by atoms with Crippen molar-refractivity contribution in [2.45, 2.75) is 19.9 Å². The average Bonchev–Trinajstić information content (AvgIpc) is 2.39. The summed E-state index contributed by atoms with van der Waals surface area (Å²) in [4.78, 5) is 11.0. The third kappa shape index (κ3) is 3.85. The van der Waals surface area contributed by atoms with Crippen LogP contribution < -0.4 is 11.1 Å². The summed E-state index contributed by atoms with van der Waals surface area (Å²) in [6, 6.07) is 16.1. The molecule has 0 aliphatic heterocycles. The lowest BCUT2D eigenvalue weighted by molar-refractivity contribution is -0.117. The van der Waals surface area contributed by atoms with E-state index in [1.54, 1.807) is 0 Å². The highest BCUT2D eigenvalue weighted by Crippen LogP contribution is 2.16. The third-order valence-corrected chi connectivity index (χ3v) is 2.99. The number of amides is 1. The minimum atomic E-state index is -0.315. The second-order valence-corrected chi connectivity index (χ2v) is 4.64. The van der Waals surface area contributed by atoms with Crippen LogP contribution in [0.3, 0.4) is 0 Å². The monoisotopic (exact) mass is 254 g/mol. The van der Waals surface area contributed by atoms with Gasteiger partial charge in [-0.25, -0.2) is 0 Å². The van der Waals surface area contributed by atoms with Crippen molar-refractivity contribution >= 4 is 11.6 Å². The first kappa shape index (κ1) is 13.1. The maximum absolute atomic E-state index is 11.0. The Morgan fingerprint density at radius 3 is 2.47 bits per heavy atom. The van der Waals surface area contributed by atoms with Crippen molar-refractivity contribution < 1.29 is 4.79 Å². The van der Waals surface area contributed by atoms with Crippen LogP contribution in [-0.4, -0.2) is 5.91 Å². The van der Waals surface area contributed by atoms with E-state index in [0.717, 1.165) is 17.8 Å². The summed E-state index contributed by atoms with van der Waals surface area (Å²) < 4.78 is 0. The molecule has 3 heteroatoms. The zero-order valence-corrected chi connectivity index (χ0v) is 11.0. The first-order valence-electron chi connectivity index (χ1n) is 6.31. The molecule has 1 amide bonds. The van der Waals surface area contributed by atoms with Crippen LogP contribution in [0.1, 0.15) is 16.7 Å². The van der Waals surface area contributed by atoms with E-state index in [4.69, 9.17) is 5.73 Å². The quantitative estimate of drug-likeness (QED) is 0.861. The van der Waals surface area contributed by atoms with Gasteiger partial charge in [0.15, 0.2) is 0 Å². The van der Waals surface area contributed by atoms with Crippen LogP contribution in [0.2, 0.25) is 0 Å². The van der Waals surface area contributed by atoms with Gasteiger partial charge >= 0.3 is 0 Å². The fourth-order valence-corrected chi connectivity index (χ4v) is 1.94. The minimum Gasteiger partial charge on any atom is -0.381 e. The Kier molecular flexibility index (Phi) is 4.18. The SMILES string of the molecule is Cc1ccc(CNc2ccccc2CC(N)=O)cc1. The fourth-order valence-electron chi connectivity index (χ4n) is 1.94. The highest BCUT2D eigenvalue weighted by molar-refractivity contribution is 5.78. The molecular formula is C16H18N2O. The molecule has 19 heavy (non-hydrogen) atoms. The van der Waals surface area contributed by atoms with Crippen LogP contribution in [0, 0.1) is 6.92 Å². The second kappa shape index (κ2) is 6.05. The molecule has 0 bridgehead atoms. The van der Waals surface area contributed by atoms with Crippen LogP contribution in [0.15, 0.2) is 48.5 Å². The molecule has 0 unspecified atom stereocenters. The Hall–Kier alpha value is -2.29. The van der Waals surface area contributed by atoms with Gasteiger partial charge in [0.25, 0.3) is 0 Å². The number of nitrogens with two attached hydrogens (primary N) is 1. The van der Waals surface area contributed by atoms with E-state index in [9.17, 15) is 4.79 Å². The smallest absolute Gasteiger partial charge is 0.221 e. The maximum atomic E-state index is 11.0. The number of carbonyl (C=O) groups is 1. The molecule has 0 fully saturated rings. The molecule has 0 aliphatic rings. The van der Waals surface area contributed by atoms with Gasteiger partial charge in [-0.15, -0.1) is 0 Å². The summed E-state index contributed by atoms with van der Waals surface area (Å²) in [7, 11) is 0. The van der Waals surface area contributed by atoms with Crippen molar-refractivity contribution in [1.29, 1.82) is 0 Å². The van der Waals surface area contributed by atoms with E-state index in [1.807, 2.05) is 24.3 Å². The van der Waals surface area contributed by atoms with Gasteiger partial charge in [0.05, 0.1) is 6.42 Å². The van der Waals surface area contributed by atoms with Crippen LogP contribution in [0.5, 0.6) is 0 Å². The molecule has 0 aromatic heterocycles.